The van der Waals surface area contributed by atoms with E-state index in [4.69, 9.17) is 0 Å². The van der Waals surface area contributed by atoms with Gasteiger partial charge in [0.2, 0.25) is 5.91 Å². The highest BCUT2D eigenvalue weighted by Gasteiger charge is 2.58. The van der Waals surface area contributed by atoms with E-state index in [0.29, 0.717) is 24.2 Å². The van der Waals surface area contributed by atoms with E-state index in [1.54, 1.807) is 6.07 Å². The second kappa shape index (κ2) is 8.46. The molecule has 7 heteroatoms. The van der Waals surface area contributed by atoms with Crippen molar-refractivity contribution in [1.29, 1.82) is 0 Å². The molecule has 6 nitrogen and oxygen atoms in total. The van der Waals surface area contributed by atoms with Gasteiger partial charge in [-0.3, -0.25) is 9.59 Å². The standard InChI is InChI=1S/C24H31FN4O2/c1-5-29(6-2)10-9-26-23(30)20-13(3)19(27-14(20)4)12-17-21-16-11-15(25)7-8-18(16)28-24(31)22(17)21/h7-8,11,17,21-22,27H,5-6,9-10,12H2,1-4H3,(H,26,30)(H,28,31). The zero-order chi connectivity index (χ0) is 22.3. The minimum atomic E-state index is -0.283. The Morgan fingerprint density at radius 3 is 2.65 bits per heavy atom. The Morgan fingerprint density at radius 2 is 1.94 bits per heavy atom. The molecule has 0 spiro atoms. The number of halogens is 1. The first-order valence-electron chi connectivity index (χ1n) is 11.1. The Hall–Kier alpha value is -2.67. The Balaban J connectivity index is 1.46. The fourth-order valence-electron chi connectivity index (χ4n) is 5.10. The highest BCUT2D eigenvalue weighted by atomic mass is 19.1. The third-order valence-electron chi connectivity index (χ3n) is 6.92. The molecule has 2 amide bonds. The zero-order valence-corrected chi connectivity index (χ0v) is 18.6. The van der Waals surface area contributed by atoms with Crippen molar-refractivity contribution in [2.75, 3.05) is 31.5 Å². The summed E-state index contributed by atoms with van der Waals surface area (Å²) in [4.78, 5) is 30.9. The molecule has 3 atom stereocenters. The second-order valence-corrected chi connectivity index (χ2v) is 8.65. The summed E-state index contributed by atoms with van der Waals surface area (Å²) in [5, 5.41) is 5.93. The number of nitrogens with zero attached hydrogens (tertiary/aromatic N) is 1. The van der Waals surface area contributed by atoms with Crippen LogP contribution in [-0.4, -0.2) is 47.9 Å². The first kappa shape index (κ1) is 21.6. The maximum atomic E-state index is 13.8. The van der Waals surface area contributed by atoms with Crippen molar-refractivity contribution >= 4 is 17.5 Å². The normalized spacial score (nSPS) is 21.5. The van der Waals surface area contributed by atoms with Gasteiger partial charge in [0.05, 0.1) is 5.56 Å². The molecular formula is C24H31FN4O2. The molecule has 1 saturated carbocycles. The topological polar surface area (TPSA) is 77.2 Å². The SMILES string of the molecule is CCN(CC)CCNC(=O)c1c(C)[nH]c(CC2C3C(=O)Nc4ccc(F)cc4C23)c1C. The minimum Gasteiger partial charge on any atom is -0.362 e. The lowest BCUT2D eigenvalue weighted by Gasteiger charge is -2.18. The summed E-state index contributed by atoms with van der Waals surface area (Å²) in [5.41, 5.74) is 5.03. The number of carbonyl (C=O) groups excluding carboxylic acids is 2. The summed E-state index contributed by atoms with van der Waals surface area (Å²) >= 11 is 0. The van der Waals surface area contributed by atoms with E-state index < -0.39 is 0 Å². The lowest BCUT2D eigenvalue weighted by molar-refractivity contribution is -0.117. The average molecular weight is 427 g/mol. The first-order valence-corrected chi connectivity index (χ1v) is 11.1. The number of benzene rings is 1. The van der Waals surface area contributed by atoms with Gasteiger partial charge in [-0.05, 0) is 68.6 Å². The predicted octanol–water partition coefficient (Wildman–Crippen LogP) is 3.37. The average Bonchev–Trinajstić information content (AvgIpc) is 3.38. The van der Waals surface area contributed by atoms with Crippen LogP contribution in [0.3, 0.4) is 0 Å². The highest BCUT2D eigenvalue weighted by Crippen LogP contribution is 2.60. The van der Waals surface area contributed by atoms with Gasteiger partial charge >= 0.3 is 0 Å². The van der Waals surface area contributed by atoms with E-state index >= 15 is 0 Å². The quantitative estimate of drug-likeness (QED) is 0.606. The fourth-order valence-corrected chi connectivity index (χ4v) is 5.10. The number of aromatic amines is 1. The third-order valence-corrected chi connectivity index (χ3v) is 6.92. The molecule has 31 heavy (non-hydrogen) atoms. The molecule has 2 aromatic rings. The van der Waals surface area contributed by atoms with Crippen molar-refractivity contribution in [3.63, 3.8) is 0 Å². The maximum absolute atomic E-state index is 13.8. The van der Waals surface area contributed by atoms with Crippen molar-refractivity contribution in [1.82, 2.24) is 15.2 Å². The Kier molecular flexibility index (Phi) is 5.88. The van der Waals surface area contributed by atoms with Crippen LogP contribution >= 0.6 is 0 Å². The molecule has 1 aromatic carbocycles. The largest absolute Gasteiger partial charge is 0.362 e. The number of aromatic nitrogens is 1. The number of aryl methyl sites for hydroxylation is 1. The first-order chi connectivity index (χ1) is 14.8. The summed E-state index contributed by atoms with van der Waals surface area (Å²) in [5.74, 6) is -0.335. The van der Waals surface area contributed by atoms with Crippen molar-refractivity contribution < 1.29 is 14.0 Å². The lowest BCUT2D eigenvalue weighted by Crippen LogP contribution is -2.35. The predicted molar refractivity (Wildman–Crippen MR) is 119 cm³/mol. The van der Waals surface area contributed by atoms with Crippen LogP contribution in [0.25, 0.3) is 0 Å². The molecule has 4 rings (SSSR count). The molecule has 2 heterocycles. The Bertz CT molecular complexity index is 1010. The molecule has 1 fully saturated rings. The van der Waals surface area contributed by atoms with Crippen LogP contribution in [-0.2, 0) is 11.2 Å². The molecule has 0 radical (unpaired) electrons. The number of hydrogen-bond acceptors (Lipinski definition) is 3. The summed E-state index contributed by atoms with van der Waals surface area (Å²) in [6.45, 7) is 11.4. The van der Waals surface area contributed by atoms with Crippen LogP contribution in [0.4, 0.5) is 10.1 Å². The summed E-state index contributed by atoms with van der Waals surface area (Å²) in [6, 6.07) is 4.55. The lowest BCUT2D eigenvalue weighted by atomic mass is 10.0. The number of H-pyrrole nitrogens is 1. The van der Waals surface area contributed by atoms with E-state index in [1.807, 2.05) is 13.8 Å². The molecule has 0 bridgehead atoms. The van der Waals surface area contributed by atoms with Gasteiger partial charge in [0, 0.05) is 42.0 Å². The third kappa shape index (κ3) is 3.99. The molecule has 3 unspecified atom stereocenters. The van der Waals surface area contributed by atoms with Crippen molar-refractivity contribution in [3.05, 3.63) is 52.1 Å². The van der Waals surface area contributed by atoms with Gasteiger partial charge in [-0.15, -0.1) is 0 Å². The summed E-state index contributed by atoms with van der Waals surface area (Å²) < 4.78 is 13.8. The minimum absolute atomic E-state index is 0.00408. The van der Waals surface area contributed by atoms with Gasteiger partial charge in [0.15, 0.2) is 0 Å². The second-order valence-electron chi connectivity index (χ2n) is 8.65. The van der Waals surface area contributed by atoms with Crippen LogP contribution in [0.2, 0.25) is 0 Å². The van der Waals surface area contributed by atoms with E-state index in [9.17, 15) is 14.0 Å². The molecule has 1 aliphatic carbocycles. The van der Waals surface area contributed by atoms with Gasteiger partial charge in [-0.2, -0.15) is 0 Å². The van der Waals surface area contributed by atoms with Crippen molar-refractivity contribution in [2.45, 2.75) is 40.0 Å². The molecule has 1 aliphatic heterocycles. The summed E-state index contributed by atoms with van der Waals surface area (Å²) in [7, 11) is 0. The van der Waals surface area contributed by atoms with E-state index in [2.05, 4.69) is 34.4 Å². The van der Waals surface area contributed by atoms with Crippen molar-refractivity contribution in [2.24, 2.45) is 11.8 Å². The van der Waals surface area contributed by atoms with Crippen LogP contribution in [0, 0.1) is 31.5 Å². The van der Waals surface area contributed by atoms with E-state index in [1.165, 1.54) is 12.1 Å². The molecule has 3 N–H and O–H groups in total. The van der Waals surface area contributed by atoms with Crippen LogP contribution in [0.1, 0.15) is 52.6 Å². The van der Waals surface area contributed by atoms with Crippen LogP contribution < -0.4 is 10.6 Å². The molecule has 2 aliphatic rings. The van der Waals surface area contributed by atoms with Gasteiger partial charge < -0.3 is 20.5 Å². The Labute approximate surface area is 182 Å². The number of nitrogens with one attached hydrogen (secondary N) is 3. The zero-order valence-electron chi connectivity index (χ0n) is 18.6. The van der Waals surface area contributed by atoms with Crippen LogP contribution in [0.5, 0.6) is 0 Å². The van der Waals surface area contributed by atoms with Crippen molar-refractivity contribution in [3.8, 4) is 0 Å². The summed E-state index contributed by atoms with van der Waals surface area (Å²) in [6.07, 6.45) is 0.665. The number of likely N-dealkylation sites (N-methyl/N-ethyl adjacent to an activating group) is 1. The van der Waals surface area contributed by atoms with Gasteiger partial charge in [-0.25, -0.2) is 4.39 Å². The number of fused-ring (bicyclic) bond motifs is 3. The smallest absolute Gasteiger partial charge is 0.253 e. The molecule has 0 saturated heterocycles. The van der Waals surface area contributed by atoms with E-state index in [0.717, 1.165) is 42.1 Å². The molecular weight excluding hydrogens is 395 g/mol. The fraction of sp³-hybridized carbons (Fsp3) is 0.500. The van der Waals surface area contributed by atoms with Crippen LogP contribution in [0.15, 0.2) is 18.2 Å². The maximum Gasteiger partial charge on any atom is 0.253 e. The number of anilines is 1. The van der Waals surface area contributed by atoms with Gasteiger partial charge in [0.25, 0.3) is 5.91 Å². The molecule has 166 valence electrons. The number of rotatable bonds is 8. The van der Waals surface area contributed by atoms with E-state index in [-0.39, 0.29) is 35.4 Å². The Morgan fingerprint density at radius 1 is 1.19 bits per heavy atom. The molecule has 1 aromatic heterocycles. The monoisotopic (exact) mass is 426 g/mol. The van der Waals surface area contributed by atoms with Gasteiger partial charge in [0.1, 0.15) is 5.82 Å². The number of amides is 2. The number of hydrogen-bond donors (Lipinski definition) is 3. The van der Waals surface area contributed by atoms with Gasteiger partial charge in [-0.1, -0.05) is 13.8 Å². The highest BCUT2D eigenvalue weighted by molar-refractivity contribution is 6.00. The number of carbonyl (C=O) groups is 2.